The topological polar surface area (TPSA) is 70.5 Å². The predicted molar refractivity (Wildman–Crippen MR) is 74.5 cm³/mol. The van der Waals surface area contributed by atoms with Crippen LogP contribution < -0.4 is 0 Å². The van der Waals surface area contributed by atoms with E-state index in [1.807, 2.05) is 11.8 Å². The zero-order chi connectivity index (χ0) is 14.5. The second kappa shape index (κ2) is 6.50. The number of carbonyl (C=O) groups excluding carboxylic acids is 1. The number of amides is 1. The molecular formula is C15H20N2O3. The molecule has 1 aromatic rings. The summed E-state index contributed by atoms with van der Waals surface area (Å²) < 4.78 is 0. The van der Waals surface area contributed by atoms with Gasteiger partial charge in [-0.3, -0.25) is 14.6 Å². The SMILES string of the molecule is Cc1cc(C(=O)N2CCCCC2CCC(=O)O)ccn1. The van der Waals surface area contributed by atoms with Crippen molar-refractivity contribution in [2.75, 3.05) is 6.54 Å². The van der Waals surface area contributed by atoms with Gasteiger partial charge in [-0.2, -0.15) is 0 Å². The fraction of sp³-hybridized carbons (Fsp3) is 0.533. The van der Waals surface area contributed by atoms with E-state index in [4.69, 9.17) is 5.11 Å². The lowest BCUT2D eigenvalue weighted by atomic mass is 9.97. The number of aliphatic carboxylic acids is 1. The molecule has 1 N–H and O–H groups in total. The molecule has 0 radical (unpaired) electrons. The van der Waals surface area contributed by atoms with E-state index in [9.17, 15) is 9.59 Å². The van der Waals surface area contributed by atoms with Crippen molar-refractivity contribution in [2.45, 2.75) is 45.1 Å². The number of carbonyl (C=O) groups is 2. The average Bonchev–Trinajstić information content (AvgIpc) is 2.44. The van der Waals surface area contributed by atoms with Gasteiger partial charge in [-0.1, -0.05) is 0 Å². The number of pyridine rings is 1. The summed E-state index contributed by atoms with van der Waals surface area (Å²) in [6.45, 7) is 2.57. The average molecular weight is 276 g/mol. The van der Waals surface area contributed by atoms with Gasteiger partial charge in [-0.25, -0.2) is 0 Å². The number of rotatable bonds is 4. The maximum atomic E-state index is 12.6. The van der Waals surface area contributed by atoms with Crippen molar-refractivity contribution in [3.63, 3.8) is 0 Å². The number of carboxylic acid groups (broad SMARTS) is 1. The maximum Gasteiger partial charge on any atom is 0.303 e. The lowest BCUT2D eigenvalue weighted by Gasteiger charge is -2.35. The number of likely N-dealkylation sites (tertiary alicyclic amines) is 1. The number of hydrogen-bond acceptors (Lipinski definition) is 3. The Morgan fingerprint density at radius 1 is 1.45 bits per heavy atom. The van der Waals surface area contributed by atoms with Gasteiger partial charge in [-0.15, -0.1) is 0 Å². The molecule has 2 rings (SSSR count). The standard InChI is InChI=1S/C15H20N2O3/c1-11-10-12(7-8-16-11)15(20)17-9-3-2-4-13(17)5-6-14(18)19/h7-8,10,13H,2-6,9H2,1H3,(H,18,19). The molecule has 2 heterocycles. The molecule has 5 nitrogen and oxygen atoms in total. The van der Waals surface area contributed by atoms with Gasteiger partial charge < -0.3 is 10.0 Å². The minimum Gasteiger partial charge on any atom is -0.481 e. The summed E-state index contributed by atoms with van der Waals surface area (Å²) in [5, 5.41) is 8.81. The van der Waals surface area contributed by atoms with Crippen LogP contribution >= 0.6 is 0 Å². The van der Waals surface area contributed by atoms with Crippen LogP contribution in [-0.4, -0.2) is 39.5 Å². The summed E-state index contributed by atoms with van der Waals surface area (Å²) in [7, 11) is 0. The van der Waals surface area contributed by atoms with Gasteiger partial charge in [-0.05, 0) is 44.7 Å². The van der Waals surface area contributed by atoms with Crippen LogP contribution in [0.4, 0.5) is 0 Å². The smallest absolute Gasteiger partial charge is 0.303 e. The summed E-state index contributed by atoms with van der Waals surface area (Å²) in [4.78, 5) is 29.2. The largest absolute Gasteiger partial charge is 0.481 e. The fourth-order valence-electron chi connectivity index (χ4n) is 2.70. The van der Waals surface area contributed by atoms with Gasteiger partial charge in [0.05, 0.1) is 0 Å². The monoisotopic (exact) mass is 276 g/mol. The molecule has 1 atom stereocenters. The molecule has 0 saturated carbocycles. The summed E-state index contributed by atoms with van der Waals surface area (Å²) in [6.07, 6.45) is 5.22. The van der Waals surface area contributed by atoms with Gasteiger partial charge >= 0.3 is 5.97 Å². The van der Waals surface area contributed by atoms with Gasteiger partial charge in [0.1, 0.15) is 0 Å². The first-order chi connectivity index (χ1) is 9.58. The van der Waals surface area contributed by atoms with Crippen LogP contribution in [0.15, 0.2) is 18.3 Å². The second-order valence-corrected chi connectivity index (χ2v) is 5.27. The van der Waals surface area contributed by atoms with E-state index in [1.54, 1.807) is 18.3 Å². The first-order valence-corrected chi connectivity index (χ1v) is 7.03. The summed E-state index contributed by atoms with van der Waals surface area (Å²) >= 11 is 0. The van der Waals surface area contributed by atoms with Gasteiger partial charge in [0.15, 0.2) is 0 Å². The molecule has 1 aliphatic heterocycles. The Balaban J connectivity index is 2.10. The van der Waals surface area contributed by atoms with Crippen LogP contribution in [0.1, 0.15) is 48.2 Å². The molecule has 1 fully saturated rings. The highest BCUT2D eigenvalue weighted by molar-refractivity contribution is 5.94. The highest BCUT2D eigenvalue weighted by Crippen LogP contribution is 2.23. The van der Waals surface area contributed by atoms with Gasteiger partial charge in [0.25, 0.3) is 5.91 Å². The molecule has 1 aromatic heterocycles. The predicted octanol–water partition coefficient (Wildman–Crippen LogP) is 2.25. The van der Waals surface area contributed by atoms with E-state index in [2.05, 4.69) is 4.98 Å². The van der Waals surface area contributed by atoms with E-state index >= 15 is 0 Å². The zero-order valence-electron chi connectivity index (χ0n) is 11.7. The van der Waals surface area contributed by atoms with Crippen LogP contribution in [0, 0.1) is 6.92 Å². The van der Waals surface area contributed by atoms with E-state index in [0.29, 0.717) is 18.5 Å². The van der Waals surface area contributed by atoms with Crippen molar-refractivity contribution in [3.05, 3.63) is 29.6 Å². The molecule has 0 spiro atoms. The van der Waals surface area contributed by atoms with Crippen LogP contribution in [0.2, 0.25) is 0 Å². The van der Waals surface area contributed by atoms with E-state index in [1.165, 1.54) is 0 Å². The van der Waals surface area contributed by atoms with E-state index in [-0.39, 0.29) is 18.4 Å². The van der Waals surface area contributed by atoms with Crippen molar-refractivity contribution in [3.8, 4) is 0 Å². The molecule has 20 heavy (non-hydrogen) atoms. The van der Waals surface area contributed by atoms with Crippen molar-refractivity contribution >= 4 is 11.9 Å². The zero-order valence-corrected chi connectivity index (χ0v) is 11.7. The van der Waals surface area contributed by atoms with E-state index in [0.717, 1.165) is 25.0 Å². The molecule has 1 unspecified atom stereocenters. The summed E-state index contributed by atoms with van der Waals surface area (Å²) in [5.74, 6) is -0.812. The molecule has 5 heteroatoms. The maximum absolute atomic E-state index is 12.6. The molecule has 0 bridgehead atoms. The lowest BCUT2D eigenvalue weighted by Crippen LogP contribution is -2.44. The molecule has 0 aromatic carbocycles. The number of nitrogens with zero attached hydrogens (tertiary/aromatic N) is 2. The van der Waals surface area contributed by atoms with Gasteiger partial charge in [0.2, 0.25) is 0 Å². The van der Waals surface area contributed by atoms with Crippen molar-refractivity contribution in [2.24, 2.45) is 0 Å². The minimum absolute atomic E-state index is 0.00871. The number of hydrogen-bond donors (Lipinski definition) is 1. The number of carboxylic acids is 1. The molecule has 1 amide bonds. The number of aromatic nitrogens is 1. The van der Waals surface area contributed by atoms with Crippen LogP contribution in [-0.2, 0) is 4.79 Å². The summed E-state index contributed by atoms with van der Waals surface area (Å²) in [5.41, 5.74) is 1.45. The quantitative estimate of drug-likeness (QED) is 0.915. The van der Waals surface area contributed by atoms with Crippen LogP contribution in [0.25, 0.3) is 0 Å². The first-order valence-electron chi connectivity index (χ1n) is 7.03. The van der Waals surface area contributed by atoms with Crippen molar-refractivity contribution in [1.82, 2.24) is 9.88 Å². The van der Waals surface area contributed by atoms with Crippen LogP contribution in [0.3, 0.4) is 0 Å². The molecule has 108 valence electrons. The number of piperidine rings is 1. The van der Waals surface area contributed by atoms with Crippen molar-refractivity contribution in [1.29, 1.82) is 0 Å². The molecule has 0 aliphatic carbocycles. The minimum atomic E-state index is -0.803. The highest BCUT2D eigenvalue weighted by Gasteiger charge is 2.27. The third kappa shape index (κ3) is 3.56. The lowest BCUT2D eigenvalue weighted by molar-refractivity contribution is -0.137. The Hall–Kier alpha value is -1.91. The normalized spacial score (nSPS) is 18.9. The first kappa shape index (κ1) is 14.5. The number of aryl methyl sites for hydroxylation is 1. The third-order valence-corrected chi connectivity index (χ3v) is 3.72. The fourth-order valence-corrected chi connectivity index (χ4v) is 2.70. The van der Waals surface area contributed by atoms with Gasteiger partial charge in [0, 0.05) is 36.5 Å². The second-order valence-electron chi connectivity index (χ2n) is 5.27. The third-order valence-electron chi connectivity index (χ3n) is 3.72. The Morgan fingerprint density at radius 3 is 2.95 bits per heavy atom. The summed E-state index contributed by atoms with van der Waals surface area (Å²) in [6, 6.07) is 3.55. The van der Waals surface area contributed by atoms with Crippen molar-refractivity contribution < 1.29 is 14.7 Å². The Labute approximate surface area is 118 Å². The molecule has 1 aliphatic rings. The Bertz CT molecular complexity index is 502. The van der Waals surface area contributed by atoms with Crippen LogP contribution in [0.5, 0.6) is 0 Å². The molecular weight excluding hydrogens is 256 g/mol. The van der Waals surface area contributed by atoms with E-state index < -0.39 is 5.97 Å². The molecule has 1 saturated heterocycles. The highest BCUT2D eigenvalue weighted by atomic mass is 16.4. The Morgan fingerprint density at radius 2 is 2.25 bits per heavy atom. The Kier molecular flexibility index (Phi) is 4.71.